The lowest BCUT2D eigenvalue weighted by molar-refractivity contribution is 0.0696. The summed E-state index contributed by atoms with van der Waals surface area (Å²) in [5.41, 5.74) is 4.19. The fourth-order valence-corrected chi connectivity index (χ4v) is 4.76. The second-order valence-corrected chi connectivity index (χ2v) is 9.85. The van der Waals surface area contributed by atoms with Gasteiger partial charge in [-0.15, -0.1) is 0 Å². The van der Waals surface area contributed by atoms with E-state index in [1.165, 1.54) is 6.92 Å². The largest absolute Gasteiger partial charge is 0.507 e. The van der Waals surface area contributed by atoms with Crippen molar-refractivity contribution in [3.8, 4) is 28.4 Å². The Hall–Kier alpha value is -3.88. The Balaban J connectivity index is 1.26. The van der Waals surface area contributed by atoms with Crippen LogP contribution in [0.2, 0.25) is 0 Å². The number of aliphatic hydroxyl groups is 1. The number of hydrogen-bond acceptors (Lipinski definition) is 7. The number of carboxylic acid groups (broad SMARTS) is 1. The van der Waals surface area contributed by atoms with Gasteiger partial charge in [0.2, 0.25) is 0 Å². The van der Waals surface area contributed by atoms with Crippen LogP contribution < -0.4 is 14.8 Å². The maximum Gasteiger partial charge on any atom is 0.335 e. The SMILES string of the molecule is CCCc1c(OCC(O)CNCC2CCc3cc(-c4ccc(C(=O)O)cc4)ccc3O2)ccc(C(C)=O)c1O. The summed E-state index contributed by atoms with van der Waals surface area (Å²) in [4.78, 5) is 22.8. The molecule has 0 saturated carbocycles. The number of nitrogens with one attached hydrogen (secondary N) is 1. The molecule has 206 valence electrons. The van der Waals surface area contributed by atoms with E-state index in [1.807, 2.05) is 31.2 Å². The molecule has 2 atom stereocenters. The average Bonchev–Trinajstić information content (AvgIpc) is 2.93. The molecule has 1 aliphatic rings. The first kappa shape index (κ1) is 28.1. The standard InChI is InChI=1S/C31H35NO7/c1-3-4-27-29(14-12-26(19(2)33)30(27)35)38-18-24(34)16-32-17-25-11-9-23-15-22(10-13-28(23)39-25)20-5-7-21(8-6-20)31(36)37/h5-8,10,12-15,24-25,32,34-35H,3-4,9,11,16-18H2,1-2H3,(H,36,37). The van der Waals surface area contributed by atoms with E-state index in [0.717, 1.165) is 41.7 Å². The highest BCUT2D eigenvalue weighted by Crippen LogP contribution is 2.34. The molecule has 0 aromatic heterocycles. The Labute approximate surface area is 228 Å². The van der Waals surface area contributed by atoms with Crippen molar-refractivity contribution in [2.45, 2.75) is 51.7 Å². The van der Waals surface area contributed by atoms with Gasteiger partial charge in [-0.1, -0.05) is 31.5 Å². The number of phenols is 1. The van der Waals surface area contributed by atoms with Crippen LogP contribution in [0.3, 0.4) is 0 Å². The van der Waals surface area contributed by atoms with Gasteiger partial charge >= 0.3 is 5.97 Å². The first-order chi connectivity index (χ1) is 18.8. The van der Waals surface area contributed by atoms with Gasteiger partial charge in [0.05, 0.1) is 11.1 Å². The van der Waals surface area contributed by atoms with Crippen LogP contribution in [0.4, 0.5) is 0 Å². The molecule has 4 N–H and O–H groups in total. The lowest BCUT2D eigenvalue weighted by Gasteiger charge is -2.27. The lowest BCUT2D eigenvalue weighted by Crippen LogP contribution is -2.39. The molecule has 3 aromatic rings. The number of aliphatic hydroxyl groups excluding tert-OH is 1. The molecular formula is C31H35NO7. The maximum atomic E-state index is 11.7. The summed E-state index contributed by atoms with van der Waals surface area (Å²) in [5, 5.41) is 33.3. The number of hydrogen-bond donors (Lipinski definition) is 4. The molecule has 0 radical (unpaired) electrons. The molecule has 39 heavy (non-hydrogen) atoms. The number of benzene rings is 3. The van der Waals surface area contributed by atoms with Gasteiger partial charge in [0.1, 0.15) is 36.1 Å². The Morgan fingerprint density at radius 1 is 1.10 bits per heavy atom. The molecule has 4 rings (SSSR count). The van der Waals surface area contributed by atoms with E-state index in [0.29, 0.717) is 30.8 Å². The van der Waals surface area contributed by atoms with Gasteiger partial charge in [-0.2, -0.15) is 0 Å². The number of carbonyl (C=O) groups excluding carboxylic acids is 1. The van der Waals surface area contributed by atoms with Gasteiger partial charge in [0, 0.05) is 18.7 Å². The monoisotopic (exact) mass is 533 g/mol. The number of carboxylic acids is 1. The number of ether oxygens (including phenoxy) is 2. The molecule has 3 aromatic carbocycles. The van der Waals surface area contributed by atoms with Crippen LogP contribution in [0.5, 0.6) is 17.2 Å². The van der Waals surface area contributed by atoms with E-state index in [1.54, 1.807) is 24.3 Å². The van der Waals surface area contributed by atoms with Crippen LogP contribution >= 0.6 is 0 Å². The minimum absolute atomic E-state index is 0.0291. The summed E-state index contributed by atoms with van der Waals surface area (Å²) < 4.78 is 12.0. The predicted octanol–water partition coefficient (Wildman–Crippen LogP) is 4.64. The number of rotatable bonds is 12. The fraction of sp³-hybridized carbons (Fsp3) is 0.355. The molecule has 0 spiro atoms. The molecule has 1 heterocycles. The van der Waals surface area contributed by atoms with Crippen LogP contribution in [0.1, 0.15) is 58.5 Å². The zero-order chi connectivity index (χ0) is 27.9. The zero-order valence-electron chi connectivity index (χ0n) is 22.3. The van der Waals surface area contributed by atoms with Gasteiger partial charge < -0.3 is 30.1 Å². The third kappa shape index (κ3) is 6.96. The Bertz CT molecular complexity index is 1320. The maximum absolute atomic E-state index is 11.7. The average molecular weight is 534 g/mol. The van der Waals surface area contributed by atoms with Crippen LogP contribution in [0, 0.1) is 0 Å². The fourth-order valence-electron chi connectivity index (χ4n) is 4.76. The number of fused-ring (bicyclic) bond motifs is 1. The number of aromatic carboxylic acids is 1. The summed E-state index contributed by atoms with van der Waals surface area (Å²) in [5.74, 6) is 0.109. The Kier molecular flexibility index (Phi) is 9.22. The van der Waals surface area contributed by atoms with Gasteiger partial charge in [0.15, 0.2) is 5.78 Å². The van der Waals surface area contributed by atoms with Crippen LogP contribution in [0.25, 0.3) is 11.1 Å². The second kappa shape index (κ2) is 12.8. The van der Waals surface area contributed by atoms with Gasteiger partial charge in [-0.25, -0.2) is 4.79 Å². The molecule has 2 unspecified atom stereocenters. The highest BCUT2D eigenvalue weighted by Gasteiger charge is 2.21. The summed E-state index contributed by atoms with van der Waals surface area (Å²) in [6, 6.07) is 16.1. The number of Topliss-reactive ketones (excluding diaryl/α,β-unsaturated/α-hetero) is 1. The van der Waals surface area contributed by atoms with Crippen LogP contribution in [0.15, 0.2) is 54.6 Å². The highest BCUT2D eigenvalue weighted by atomic mass is 16.5. The van der Waals surface area contributed by atoms with Crippen molar-refractivity contribution in [2.24, 2.45) is 0 Å². The van der Waals surface area contributed by atoms with Crippen molar-refractivity contribution >= 4 is 11.8 Å². The Morgan fingerprint density at radius 3 is 2.54 bits per heavy atom. The molecule has 8 heteroatoms. The smallest absolute Gasteiger partial charge is 0.335 e. The molecule has 0 saturated heterocycles. The first-order valence-electron chi connectivity index (χ1n) is 13.3. The second-order valence-electron chi connectivity index (χ2n) is 9.85. The molecule has 8 nitrogen and oxygen atoms in total. The first-order valence-corrected chi connectivity index (χ1v) is 13.3. The van der Waals surface area contributed by atoms with Crippen molar-refractivity contribution in [3.63, 3.8) is 0 Å². The van der Waals surface area contributed by atoms with Crippen LogP contribution in [-0.2, 0) is 12.8 Å². The molecular weight excluding hydrogens is 498 g/mol. The van der Waals surface area contributed by atoms with E-state index >= 15 is 0 Å². The normalized spacial score (nSPS) is 15.2. The molecule has 0 fully saturated rings. The summed E-state index contributed by atoms with van der Waals surface area (Å²) in [6.07, 6.45) is 2.24. The molecule has 0 aliphatic carbocycles. The number of aryl methyl sites for hydroxylation is 1. The highest BCUT2D eigenvalue weighted by molar-refractivity contribution is 5.97. The number of aromatic hydroxyl groups is 1. The summed E-state index contributed by atoms with van der Waals surface area (Å²) in [6.45, 7) is 4.33. The Morgan fingerprint density at radius 2 is 1.85 bits per heavy atom. The van der Waals surface area contributed by atoms with E-state index in [2.05, 4.69) is 11.4 Å². The summed E-state index contributed by atoms with van der Waals surface area (Å²) in [7, 11) is 0. The molecule has 0 bridgehead atoms. The predicted molar refractivity (Wildman–Crippen MR) is 148 cm³/mol. The zero-order valence-corrected chi connectivity index (χ0v) is 22.3. The quantitative estimate of drug-likeness (QED) is 0.248. The lowest BCUT2D eigenvalue weighted by atomic mass is 9.96. The van der Waals surface area contributed by atoms with Crippen molar-refractivity contribution in [1.29, 1.82) is 0 Å². The topological polar surface area (TPSA) is 125 Å². The number of phenolic OH excluding ortho intramolecular Hbond substituents is 1. The molecule has 1 aliphatic heterocycles. The van der Waals surface area contributed by atoms with Crippen molar-refractivity contribution in [1.82, 2.24) is 5.32 Å². The summed E-state index contributed by atoms with van der Waals surface area (Å²) >= 11 is 0. The van der Waals surface area contributed by atoms with E-state index in [4.69, 9.17) is 14.6 Å². The number of ketones is 1. The third-order valence-electron chi connectivity index (χ3n) is 6.86. The van der Waals surface area contributed by atoms with Crippen molar-refractivity contribution < 1.29 is 34.4 Å². The minimum Gasteiger partial charge on any atom is -0.507 e. The van der Waals surface area contributed by atoms with E-state index < -0.39 is 12.1 Å². The van der Waals surface area contributed by atoms with Crippen LogP contribution in [-0.4, -0.2) is 59.0 Å². The van der Waals surface area contributed by atoms with Gasteiger partial charge in [-0.05, 0) is 79.3 Å². The third-order valence-corrected chi connectivity index (χ3v) is 6.86. The van der Waals surface area contributed by atoms with E-state index in [-0.39, 0.29) is 35.4 Å². The van der Waals surface area contributed by atoms with Gasteiger partial charge in [-0.3, -0.25) is 4.79 Å². The van der Waals surface area contributed by atoms with Gasteiger partial charge in [0.25, 0.3) is 0 Å². The minimum atomic E-state index is -0.943. The molecule has 0 amide bonds. The van der Waals surface area contributed by atoms with E-state index in [9.17, 15) is 19.8 Å². The number of carbonyl (C=O) groups is 2. The van der Waals surface area contributed by atoms with Crippen molar-refractivity contribution in [3.05, 3.63) is 76.9 Å². The van der Waals surface area contributed by atoms with Crippen molar-refractivity contribution in [2.75, 3.05) is 19.7 Å².